The Labute approximate surface area is 153 Å². The van der Waals surface area contributed by atoms with Gasteiger partial charge in [-0.15, -0.1) is 11.3 Å². The summed E-state index contributed by atoms with van der Waals surface area (Å²) in [6.45, 7) is 2.48. The van der Waals surface area contributed by atoms with Crippen molar-refractivity contribution in [2.45, 2.75) is 26.3 Å². The number of nitrogens with one attached hydrogen (secondary N) is 1. The number of carbonyl (C=O) groups is 1. The third-order valence-electron chi connectivity index (χ3n) is 3.67. The lowest BCUT2D eigenvalue weighted by Crippen LogP contribution is -2.26. The Morgan fingerprint density at radius 1 is 1.31 bits per heavy atom. The zero-order valence-corrected chi connectivity index (χ0v) is 14.9. The van der Waals surface area contributed by atoms with Crippen LogP contribution in [-0.4, -0.2) is 20.7 Å². The molecule has 0 saturated heterocycles. The van der Waals surface area contributed by atoms with Crippen LogP contribution < -0.4 is 10.9 Å². The highest BCUT2D eigenvalue weighted by molar-refractivity contribution is 7.14. The second kappa shape index (κ2) is 8.01. The number of unbranched alkanes of at least 4 members (excludes halogenated alkanes) is 1. The fourth-order valence-corrected chi connectivity index (χ4v) is 3.03. The third kappa shape index (κ3) is 4.20. The van der Waals surface area contributed by atoms with Gasteiger partial charge in [0.15, 0.2) is 5.13 Å². The lowest BCUT2D eigenvalue weighted by molar-refractivity contribution is 0.101. The third-order valence-corrected chi connectivity index (χ3v) is 4.43. The Hall–Kier alpha value is -2.87. The van der Waals surface area contributed by atoms with Crippen molar-refractivity contribution in [2.24, 2.45) is 0 Å². The molecule has 0 atom stereocenters. The summed E-state index contributed by atoms with van der Waals surface area (Å²) in [4.78, 5) is 28.4. The largest absolute Gasteiger partial charge is 0.296 e. The molecule has 0 bridgehead atoms. The van der Waals surface area contributed by atoms with Crippen LogP contribution in [-0.2, 0) is 6.54 Å². The lowest BCUT2D eigenvalue weighted by Gasteiger charge is -2.06. The summed E-state index contributed by atoms with van der Waals surface area (Å²) >= 11 is 1.23. The number of hydrogen-bond donors (Lipinski definition) is 1. The quantitative estimate of drug-likeness (QED) is 0.718. The second-order valence-corrected chi connectivity index (χ2v) is 6.49. The fourth-order valence-electron chi connectivity index (χ4n) is 2.31. The number of thiazole rings is 1. The second-order valence-electron chi connectivity index (χ2n) is 5.64. The number of hydrogen-bond acceptors (Lipinski definition) is 5. The molecule has 0 radical (unpaired) electrons. The van der Waals surface area contributed by atoms with Crippen LogP contribution >= 0.6 is 11.3 Å². The first kappa shape index (κ1) is 17.9. The van der Waals surface area contributed by atoms with E-state index in [1.165, 1.54) is 40.3 Å². The van der Waals surface area contributed by atoms with Crippen LogP contribution in [0.2, 0.25) is 0 Å². The zero-order chi connectivity index (χ0) is 18.5. The zero-order valence-electron chi connectivity index (χ0n) is 14.1. The van der Waals surface area contributed by atoms with Crippen molar-refractivity contribution in [1.29, 1.82) is 0 Å². The molecule has 1 N–H and O–H groups in total. The van der Waals surface area contributed by atoms with Crippen molar-refractivity contribution in [3.8, 4) is 11.3 Å². The number of rotatable bonds is 6. The minimum Gasteiger partial charge on any atom is -0.296 e. The molecule has 2 aromatic heterocycles. The fraction of sp³-hybridized carbons (Fsp3) is 0.222. The molecule has 0 aliphatic carbocycles. The number of carbonyl (C=O) groups excluding carboxylic acids is 1. The van der Waals surface area contributed by atoms with Crippen LogP contribution in [0.15, 0.2) is 46.6 Å². The van der Waals surface area contributed by atoms with Crippen molar-refractivity contribution in [2.75, 3.05) is 5.32 Å². The normalized spacial score (nSPS) is 10.7. The number of amides is 1. The van der Waals surface area contributed by atoms with Gasteiger partial charge in [-0.1, -0.05) is 25.5 Å². The predicted octanol–water partition coefficient (Wildman–Crippen LogP) is 3.56. The molecule has 0 aliphatic rings. The summed E-state index contributed by atoms with van der Waals surface area (Å²) in [5.74, 6) is -0.796. The molecule has 0 fully saturated rings. The molecule has 134 valence electrons. The van der Waals surface area contributed by atoms with Crippen LogP contribution in [0.25, 0.3) is 11.3 Å². The highest BCUT2D eigenvalue weighted by atomic mass is 32.1. The van der Waals surface area contributed by atoms with E-state index < -0.39 is 5.91 Å². The van der Waals surface area contributed by atoms with Crippen LogP contribution in [0.1, 0.15) is 30.3 Å². The van der Waals surface area contributed by atoms with Gasteiger partial charge in [-0.25, -0.2) is 14.1 Å². The number of halogens is 1. The minimum absolute atomic E-state index is 0.142. The molecule has 0 unspecified atom stereocenters. The van der Waals surface area contributed by atoms with Crippen LogP contribution in [0.5, 0.6) is 0 Å². The van der Waals surface area contributed by atoms with Crippen LogP contribution in [0.4, 0.5) is 9.52 Å². The molecule has 0 aliphatic heterocycles. The van der Waals surface area contributed by atoms with E-state index in [9.17, 15) is 14.0 Å². The maximum absolute atomic E-state index is 13.3. The van der Waals surface area contributed by atoms with E-state index in [1.54, 1.807) is 17.5 Å². The topological polar surface area (TPSA) is 76.9 Å². The van der Waals surface area contributed by atoms with Gasteiger partial charge in [-0.2, -0.15) is 5.10 Å². The van der Waals surface area contributed by atoms with Crippen molar-refractivity contribution >= 4 is 22.4 Å². The molecule has 0 saturated carbocycles. The SMILES string of the molecule is CCCCn1nc(C(=O)Nc2nc(-c3cccc(F)c3)cs2)ccc1=O. The van der Waals surface area contributed by atoms with Gasteiger partial charge in [0.2, 0.25) is 0 Å². The Bertz CT molecular complexity index is 983. The van der Waals surface area contributed by atoms with Gasteiger partial charge in [-0.3, -0.25) is 14.9 Å². The molecule has 8 heteroatoms. The van der Waals surface area contributed by atoms with E-state index in [4.69, 9.17) is 0 Å². The van der Waals surface area contributed by atoms with Gasteiger partial charge in [0.25, 0.3) is 11.5 Å². The van der Waals surface area contributed by atoms with Crippen LogP contribution in [0.3, 0.4) is 0 Å². The average Bonchev–Trinajstić information content (AvgIpc) is 3.09. The Morgan fingerprint density at radius 2 is 2.15 bits per heavy atom. The number of aromatic nitrogens is 3. The van der Waals surface area contributed by atoms with E-state index in [0.29, 0.717) is 22.9 Å². The van der Waals surface area contributed by atoms with Crippen molar-refractivity contribution in [3.63, 3.8) is 0 Å². The molecular formula is C18H17FN4O2S. The Balaban J connectivity index is 1.75. The molecule has 6 nitrogen and oxygen atoms in total. The molecule has 0 spiro atoms. The Kier molecular flexibility index (Phi) is 5.52. The maximum Gasteiger partial charge on any atom is 0.277 e. The molecular weight excluding hydrogens is 355 g/mol. The highest BCUT2D eigenvalue weighted by Gasteiger charge is 2.13. The first-order valence-corrected chi connectivity index (χ1v) is 9.06. The van der Waals surface area contributed by atoms with Crippen molar-refractivity contribution in [3.05, 3.63) is 63.6 Å². The highest BCUT2D eigenvalue weighted by Crippen LogP contribution is 2.25. The van der Waals surface area contributed by atoms with Gasteiger partial charge < -0.3 is 0 Å². The van der Waals surface area contributed by atoms with E-state index >= 15 is 0 Å². The van der Waals surface area contributed by atoms with Gasteiger partial charge >= 0.3 is 0 Å². The molecule has 1 aromatic carbocycles. The summed E-state index contributed by atoms with van der Waals surface area (Å²) in [5.41, 5.74) is 1.11. The molecule has 3 aromatic rings. The summed E-state index contributed by atoms with van der Waals surface area (Å²) in [6, 6.07) is 8.81. The van der Waals surface area contributed by atoms with E-state index in [0.717, 1.165) is 12.8 Å². The van der Waals surface area contributed by atoms with Gasteiger partial charge in [-0.05, 0) is 24.6 Å². The number of benzene rings is 1. The summed E-state index contributed by atoms with van der Waals surface area (Å²) < 4.78 is 14.6. The van der Waals surface area contributed by atoms with Crippen molar-refractivity contribution < 1.29 is 9.18 Å². The standard InChI is InChI=1S/C18H17FN4O2S/c1-2-3-9-23-16(24)8-7-14(22-23)17(25)21-18-20-15(11-26-18)12-5-4-6-13(19)10-12/h4-8,10-11H,2-3,9H2,1H3,(H,20,21,25). The lowest BCUT2D eigenvalue weighted by atomic mass is 10.2. The molecule has 2 heterocycles. The van der Waals surface area contributed by atoms with E-state index in [2.05, 4.69) is 15.4 Å². The maximum atomic E-state index is 13.3. The van der Waals surface area contributed by atoms with Crippen LogP contribution in [0, 0.1) is 5.82 Å². The number of anilines is 1. The minimum atomic E-state index is -0.449. The average molecular weight is 372 g/mol. The monoisotopic (exact) mass is 372 g/mol. The smallest absolute Gasteiger partial charge is 0.277 e. The van der Waals surface area contributed by atoms with Gasteiger partial charge in [0.1, 0.15) is 11.5 Å². The molecule has 3 rings (SSSR count). The first-order chi connectivity index (χ1) is 12.6. The predicted molar refractivity (Wildman–Crippen MR) is 98.9 cm³/mol. The van der Waals surface area contributed by atoms with Gasteiger partial charge in [0.05, 0.1) is 5.69 Å². The summed E-state index contributed by atoms with van der Waals surface area (Å²) in [5, 5.41) is 8.88. The molecule has 26 heavy (non-hydrogen) atoms. The molecule has 1 amide bonds. The number of nitrogens with zero attached hydrogens (tertiary/aromatic N) is 3. The summed E-state index contributed by atoms with van der Waals surface area (Å²) in [7, 11) is 0. The van der Waals surface area contributed by atoms with Crippen molar-refractivity contribution in [1.82, 2.24) is 14.8 Å². The first-order valence-electron chi connectivity index (χ1n) is 8.18. The van der Waals surface area contributed by atoms with E-state index in [1.807, 2.05) is 6.92 Å². The number of aryl methyl sites for hydroxylation is 1. The van der Waals surface area contributed by atoms with Gasteiger partial charge in [0, 0.05) is 23.6 Å². The Morgan fingerprint density at radius 3 is 2.92 bits per heavy atom. The van der Waals surface area contributed by atoms with E-state index in [-0.39, 0.29) is 17.1 Å². The summed E-state index contributed by atoms with van der Waals surface area (Å²) in [6.07, 6.45) is 1.73.